The summed E-state index contributed by atoms with van der Waals surface area (Å²) < 4.78 is 2.00. The van der Waals surface area contributed by atoms with E-state index >= 15 is 0 Å². The maximum Gasteiger partial charge on any atom is 0.151 e. The Morgan fingerprint density at radius 2 is 1.90 bits per heavy atom. The van der Waals surface area contributed by atoms with E-state index in [9.17, 15) is 0 Å². The standard InChI is InChI=1S/C16H24N4/c1-4-11-17-12-13-9-7-8-10-14(13)20-16(6-3)18-15(5-2)19-20/h7-10,17H,4-6,11-12H2,1-3H3. The summed E-state index contributed by atoms with van der Waals surface area (Å²) in [4.78, 5) is 4.59. The summed E-state index contributed by atoms with van der Waals surface area (Å²) in [6, 6.07) is 8.42. The summed E-state index contributed by atoms with van der Waals surface area (Å²) >= 11 is 0. The predicted octanol–water partition coefficient (Wildman–Crippen LogP) is 2.89. The van der Waals surface area contributed by atoms with E-state index in [0.717, 1.165) is 49.7 Å². The second-order valence-corrected chi connectivity index (χ2v) is 4.87. The average molecular weight is 272 g/mol. The maximum atomic E-state index is 4.64. The number of hydrogen-bond acceptors (Lipinski definition) is 3. The molecule has 1 N–H and O–H groups in total. The largest absolute Gasteiger partial charge is 0.313 e. The number of rotatable bonds is 7. The van der Waals surface area contributed by atoms with Crippen LogP contribution in [0.5, 0.6) is 0 Å². The third kappa shape index (κ3) is 3.25. The van der Waals surface area contributed by atoms with E-state index in [0.29, 0.717) is 0 Å². The quantitative estimate of drug-likeness (QED) is 0.788. The van der Waals surface area contributed by atoms with Crippen LogP contribution < -0.4 is 5.32 Å². The highest BCUT2D eigenvalue weighted by molar-refractivity contribution is 5.41. The van der Waals surface area contributed by atoms with Crippen LogP contribution in [-0.4, -0.2) is 21.3 Å². The number of hydrogen-bond donors (Lipinski definition) is 1. The number of benzene rings is 1. The molecule has 0 aliphatic rings. The second-order valence-electron chi connectivity index (χ2n) is 4.87. The van der Waals surface area contributed by atoms with Crippen LogP contribution in [0.1, 0.15) is 44.4 Å². The normalized spacial score (nSPS) is 10.9. The van der Waals surface area contributed by atoms with Gasteiger partial charge in [-0.05, 0) is 24.6 Å². The molecule has 0 aliphatic heterocycles. The molecule has 0 saturated carbocycles. The molecule has 108 valence electrons. The van der Waals surface area contributed by atoms with Crippen LogP contribution in [-0.2, 0) is 19.4 Å². The van der Waals surface area contributed by atoms with Gasteiger partial charge in [0.25, 0.3) is 0 Å². The minimum absolute atomic E-state index is 0.870. The van der Waals surface area contributed by atoms with Gasteiger partial charge in [-0.15, -0.1) is 0 Å². The lowest BCUT2D eigenvalue weighted by Gasteiger charge is -2.11. The molecule has 0 saturated heterocycles. The molecule has 0 fully saturated rings. The lowest BCUT2D eigenvalue weighted by atomic mass is 10.1. The average Bonchev–Trinajstić information content (AvgIpc) is 2.91. The highest BCUT2D eigenvalue weighted by atomic mass is 15.4. The van der Waals surface area contributed by atoms with Gasteiger partial charge in [0.15, 0.2) is 5.82 Å². The molecule has 1 aromatic heterocycles. The molecule has 0 bridgehead atoms. The molecule has 0 amide bonds. The first kappa shape index (κ1) is 14.7. The Kier molecular flexibility index (Phi) is 5.30. The Morgan fingerprint density at radius 3 is 2.60 bits per heavy atom. The molecule has 2 rings (SSSR count). The number of aromatic nitrogens is 3. The SMILES string of the molecule is CCCNCc1ccccc1-n1nc(CC)nc1CC. The van der Waals surface area contributed by atoms with Gasteiger partial charge in [-0.1, -0.05) is 39.0 Å². The van der Waals surface area contributed by atoms with Gasteiger partial charge in [0.05, 0.1) is 5.69 Å². The molecule has 20 heavy (non-hydrogen) atoms. The lowest BCUT2D eigenvalue weighted by molar-refractivity contribution is 0.667. The number of nitrogens with one attached hydrogen (secondary N) is 1. The predicted molar refractivity (Wildman–Crippen MR) is 82.1 cm³/mol. The zero-order valence-corrected chi connectivity index (χ0v) is 12.7. The van der Waals surface area contributed by atoms with Crippen LogP contribution in [0.4, 0.5) is 0 Å². The van der Waals surface area contributed by atoms with Crippen LogP contribution in [0.3, 0.4) is 0 Å². The van der Waals surface area contributed by atoms with Gasteiger partial charge in [0, 0.05) is 19.4 Å². The van der Waals surface area contributed by atoms with Crippen LogP contribution in [0, 0.1) is 0 Å². The first-order valence-corrected chi connectivity index (χ1v) is 7.53. The molecule has 1 aromatic carbocycles. The smallest absolute Gasteiger partial charge is 0.151 e. The van der Waals surface area contributed by atoms with Crippen molar-refractivity contribution in [1.29, 1.82) is 0 Å². The van der Waals surface area contributed by atoms with Crippen molar-refractivity contribution >= 4 is 0 Å². The molecule has 0 spiro atoms. The topological polar surface area (TPSA) is 42.7 Å². The molecular formula is C16H24N4. The first-order chi connectivity index (χ1) is 9.80. The van der Waals surface area contributed by atoms with Crippen LogP contribution in [0.15, 0.2) is 24.3 Å². The lowest BCUT2D eigenvalue weighted by Crippen LogP contribution is -2.16. The van der Waals surface area contributed by atoms with E-state index in [-0.39, 0.29) is 0 Å². The second kappa shape index (κ2) is 7.20. The van der Waals surface area contributed by atoms with Gasteiger partial charge >= 0.3 is 0 Å². The number of nitrogens with zero attached hydrogens (tertiary/aromatic N) is 3. The zero-order valence-electron chi connectivity index (χ0n) is 12.7. The van der Waals surface area contributed by atoms with E-state index in [4.69, 9.17) is 0 Å². The van der Waals surface area contributed by atoms with Crippen molar-refractivity contribution in [1.82, 2.24) is 20.1 Å². The van der Waals surface area contributed by atoms with Gasteiger partial charge in [-0.2, -0.15) is 5.10 Å². The third-order valence-corrected chi connectivity index (χ3v) is 3.31. The van der Waals surface area contributed by atoms with E-state index in [1.54, 1.807) is 0 Å². The fourth-order valence-corrected chi connectivity index (χ4v) is 2.23. The Hall–Kier alpha value is -1.68. The van der Waals surface area contributed by atoms with E-state index < -0.39 is 0 Å². The van der Waals surface area contributed by atoms with Crippen molar-refractivity contribution in [2.45, 2.75) is 46.6 Å². The summed E-state index contributed by atoms with van der Waals surface area (Å²) in [6.07, 6.45) is 2.91. The van der Waals surface area contributed by atoms with Crippen molar-refractivity contribution in [2.75, 3.05) is 6.54 Å². The van der Waals surface area contributed by atoms with Crippen molar-refractivity contribution in [2.24, 2.45) is 0 Å². The molecule has 1 heterocycles. The Morgan fingerprint density at radius 1 is 1.10 bits per heavy atom. The number of aryl methyl sites for hydroxylation is 2. The molecule has 0 atom stereocenters. The zero-order chi connectivity index (χ0) is 14.4. The minimum Gasteiger partial charge on any atom is -0.313 e. The highest BCUT2D eigenvalue weighted by Gasteiger charge is 2.11. The monoisotopic (exact) mass is 272 g/mol. The molecule has 0 radical (unpaired) electrons. The summed E-state index contributed by atoms with van der Waals surface area (Å²) in [5, 5.41) is 8.09. The summed E-state index contributed by atoms with van der Waals surface area (Å²) in [5.41, 5.74) is 2.41. The van der Waals surface area contributed by atoms with Crippen molar-refractivity contribution in [3.63, 3.8) is 0 Å². The molecule has 4 nitrogen and oxygen atoms in total. The van der Waals surface area contributed by atoms with Gasteiger partial charge in [0.2, 0.25) is 0 Å². The van der Waals surface area contributed by atoms with E-state index in [1.165, 1.54) is 5.56 Å². The number of para-hydroxylation sites is 1. The first-order valence-electron chi connectivity index (χ1n) is 7.53. The third-order valence-electron chi connectivity index (χ3n) is 3.31. The van der Waals surface area contributed by atoms with Gasteiger partial charge in [0.1, 0.15) is 5.82 Å². The summed E-state index contributed by atoms with van der Waals surface area (Å²) in [5.74, 6) is 1.95. The van der Waals surface area contributed by atoms with Crippen LogP contribution in [0.2, 0.25) is 0 Å². The van der Waals surface area contributed by atoms with Gasteiger partial charge < -0.3 is 5.32 Å². The maximum absolute atomic E-state index is 4.64. The summed E-state index contributed by atoms with van der Waals surface area (Å²) in [7, 11) is 0. The fraction of sp³-hybridized carbons (Fsp3) is 0.500. The molecule has 0 unspecified atom stereocenters. The van der Waals surface area contributed by atoms with Crippen molar-refractivity contribution < 1.29 is 0 Å². The minimum atomic E-state index is 0.870. The Labute approximate surface area is 121 Å². The molecule has 2 aromatic rings. The van der Waals surface area contributed by atoms with E-state index in [2.05, 4.69) is 60.4 Å². The van der Waals surface area contributed by atoms with Crippen molar-refractivity contribution in [3.8, 4) is 5.69 Å². The van der Waals surface area contributed by atoms with Gasteiger partial charge in [-0.3, -0.25) is 0 Å². The molecular weight excluding hydrogens is 248 g/mol. The molecule has 0 aliphatic carbocycles. The Bertz CT molecular complexity index is 545. The van der Waals surface area contributed by atoms with Crippen LogP contribution >= 0.6 is 0 Å². The van der Waals surface area contributed by atoms with Gasteiger partial charge in [-0.25, -0.2) is 9.67 Å². The van der Waals surface area contributed by atoms with E-state index in [1.807, 2.05) is 4.68 Å². The highest BCUT2D eigenvalue weighted by Crippen LogP contribution is 2.16. The van der Waals surface area contributed by atoms with Crippen LogP contribution in [0.25, 0.3) is 5.69 Å². The fourth-order valence-electron chi connectivity index (χ4n) is 2.23. The summed E-state index contributed by atoms with van der Waals surface area (Å²) in [6.45, 7) is 8.30. The molecule has 4 heteroatoms. The Balaban J connectivity index is 2.34. The van der Waals surface area contributed by atoms with Crippen molar-refractivity contribution in [3.05, 3.63) is 41.5 Å².